The number of nitrogens with one attached hydrogen (secondary N) is 3. The van der Waals surface area contributed by atoms with Gasteiger partial charge < -0.3 is 10.6 Å². The van der Waals surface area contributed by atoms with Gasteiger partial charge in [0.2, 0.25) is 10.0 Å². The molecule has 1 unspecified atom stereocenters. The summed E-state index contributed by atoms with van der Waals surface area (Å²) in [5.74, 6) is 1.95. The molecular weight excluding hydrogens is 352 g/mol. The first-order valence-corrected chi connectivity index (χ1v) is 11.0. The monoisotopic (exact) mass is 376 g/mol. The van der Waals surface area contributed by atoms with Gasteiger partial charge in [0.25, 0.3) is 0 Å². The van der Waals surface area contributed by atoms with Crippen molar-refractivity contribution >= 4 is 39.1 Å². The van der Waals surface area contributed by atoms with E-state index in [1.54, 1.807) is 13.1 Å². The molecule has 1 saturated heterocycles. The van der Waals surface area contributed by atoms with Crippen LogP contribution in [0.25, 0.3) is 0 Å². The maximum absolute atomic E-state index is 12.1. The molecule has 0 bridgehead atoms. The summed E-state index contributed by atoms with van der Waals surface area (Å²) in [5, 5.41) is 7.06. The molecule has 0 radical (unpaired) electrons. The summed E-state index contributed by atoms with van der Waals surface area (Å²) < 4.78 is 27.1. The zero-order valence-electron chi connectivity index (χ0n) is 13.5. The highest BCUT2D eigenvalue weighted by molar-refractivity contribution is 8.00. The number of hydrogen-bond donors (Lipinski definition) is 3. The Morgan fingerprint density at radius 3 is 2.78 bits per heavy atom. The van der Waals surface area contributed by atoms with E-state index in [0.29, 0.717) is 28.5 Å². The summed E-state index contributed by atoms with van der Waals surface area (Å²) in [6.45, 7) is 3.59. The van der Waals surface area contributed by atoms with E-state index in [2.05, 4.69) is 20.3 Å². The van der Waals surface area contributed by atoms with Crippen LogP contribution in [-0.4, -0.2) is 52.1 Å². The molecule has 0 saturated carbocycles. The van der Waals surface area contributed by atoms with Gasteiger partial charge in [-0.2, -0.15) is 11.8 Å². The van der Waals surface area contributed by atoms with Crippen molar-refractivity contribution in [3.05, 3.63) is 17.0 Å². The first kappa shape index (κ1) is 18.6. The van der Waals surface area contributed by atoms with Gasteiger partial charge in [0, 0.05) is 36.8 Å². The van der Waals surface area contributed by atoms with Crippen molar-refractivity contribution in [1.82, 2.24) is 15.4 Å². The van der Waals surface area contributed by atoms with Crippen molar-refractivity contribution in [2.24, 2.45) is 4.99 Å². The van der Waals surface area contributed by atoms with Crippen molar-refractivity contribution in [1.29, 1.82) is 0 Å². The van der Waals surface area contributed by atoms with Crippen LogP contribution in [0.3, 0.4) is 0 Å². The third-order valence-electron chi connectivity index (χ3n) is 3.43. The molecule has 130 valence electrons. The molecule has 6 nitrogen and oxygen atoms in total. The second kappa shape index (κ2) is 8.91. The predicted molar refractivity (Wildman–Crippen MR) is 99.1 cm³/mol. The van der Waals surface area contributed by atoms with E-state index in [9.17, 15) is 8.42 Å². The molecule has 23 heavy (non-hydrogen) atoms. The molecule has 2 rings (SSSR count). The number of rotatable bonds is 7. The fourth-order valence-electron chi connectivity index (χ4n) is 2.23. The number of thiophene rings is 1. The molecule has 1 aliphatic heterocycles. The molecule has 1 aliphatic rings. The van der Waals surface area contributed by atoms with Crippen molar-refractivity contribution < 1.29 is 8.42 Å². The smallest absolute Gasteiger partial charge is 0.250 e. The van der Waals surface area contributed by atoms with Gasteiger partial charge in [-0.25, -0.2) is 13.1 Å². The molecule has 2 heterocycles. The first-order chi connectivity index (χ1) is 11.0. The van der Waals surface area contributed by atoms with Crippen molar-refractivity contribution in [2.45, 2.75) is 29.2 Å². The van der Waals surface area contributed by atoms with Crippen LogP contribution in [0.2, 0.25) is 0 Å². The third kappa shape index (κ3) is 5.98. The minimum Gasteiger partial charge on any atom is -0.355 e. The van der Waals surface area contributed by atoms with E-state index < -0.39 is 10.0 Å². The van der Waals surface area contributed by atoms with Crippen LogP contribution in [0.5, 0.6) is 0 Å². The molecule has 0 aromatic carbocycles. The molecule has 0 spiro atoms. The molecular formula is C14H24N4O2S3. The second-order valence-corrected chi connectivity index (χ2v) is 9.97. The van der Waals surface area contributed by atoms with Crippen molar-refractivity contribution in [3.8, 4) is 0 Å². The standard InChI is InChI=1S/C14H24N4O2S3/c1-11-5-6-13(22-11)23(19,20)18-8-7-16-14(15-2)17-10-12-4-3-9-21-12/h5-6,12,18H,3-4,7-10H2,1-2H3,(H2,15,16,17). The number of hydrogen-bond acceptors (Lipinski definition) is 5. The number of guanidine groups is 1. The molecule has 0 amide bonds. The van der Waals surface area contributed by atoms with E-state index in [-0.39, 0.29) is 0 Å². The van der Waals surface area contributed by atoms with Crippen molar-refractivity contribution in [3.63, 3.8) is 0 Å². The Labute approximate surface area is 146 Å². The molecule has 1 fully saturated rings. The minimum atomic E-state index is -3.40. The van der Waals surface area contributed by atoms with Crippen LogP contribution in [-0.2, 0) is 10.0 Å². The van der Waals surface area contributed by atoms with Gasteiger partial charge in [0.05, 0.1) is 0 Å². The fraction of sp³-hybridized carbons (Fsp3) is 0.643. The van der Waals surface area contributed by atoms with Crippen LogP contribution in [0, 0.1) is 6.92 Å². The van der Waals surface area contributed by atoms with E-state index >= 15 is 0 Å². The molecule has 0 aliphatic carbocycles. The Morgan fingerprint density at radius 2 is 2.17 bits per heavy atom. The van der Waals surface area contributed by atoms with E-state index in [1.165, 1.54) is 29.9 Å². The van der Waals surface area contributed by atoms with Crippen LogP contribution < -0.4 is 15.4 Å². The van der Waals surface area contributed by atoms with Gasteiger partial charge in [-0.05, 0) is 37.7 Å². The van der Waals surface area contributed by atoms with Crippen LogP contribution in [0.1, 0.15) is 17.7 Å². The SMILES string of the molecule is CN=C(NCCNS(=O)(=O)c1ccc(C)s1)NCC1CCCS1. The average Bonchev–Trinajstić information content (AvgIpc) is 3.18. The van der Waals surface area contributed by atoms with E-state index in [0.717, 1.165) is 11.4 Å². The van der Waals surface area contributed by atoms with Crippen LogP contribution in [0.4, 0.5) is 0 Å². The Morgan fingerprint density at radius 1 is 1.35 bits per heavy atom. The zero-order chi connectivity index (χ0) is 16.7. The number of thioether (sulfide) groups is 1. The molecule has 3 N–H and O–H groups in total. The average molecular weight is 377 g/mol. The van der Waals surface area contributed by atoms with Gasteiger partial charge in [0.15, 0.2) is 5.96 Å². The highest BCUT2D eigenvalue weighted by Crippen LogP contribution is 2.25. The maximum atomic E-state index is 12.1. The lowest BCUT2D eigenvalue weighted by Crippen LogP contribution is -2.43. The molecule has 1 aromatic heterocycles. The highest BCUT2D eigenvalue weighted by atomic mass is 32.2. The second-order valence-electron chi connectivity index (χ2n) is 5.28. The van der Waals surface area contributed by atoms with Gasteiger partial charge in [-0.1, -0.05) is 0 Å². The third-order valence-corrected chi connectivity index (χ3v) is 7.79. The Hall–Kier alpha value is -0.770. The Bertz CT molecular complexity index is 622. The Balaban J connectivity index is 1.68. The number of aryl methyl sites for hydroxylation is 1. The fourth-order valence-corrected chi connectivity index (χ4v) is 5.79. The van der Waals surface area contributed by atoms with Gasteiger partial charge >= 0.3 is 0 Å². The number of sulfonamides is 1. The number of aliphatic imine (C=N–C) groups is 1. The number of nitrogens with zero attached hydrogens (tertiary/aromatic N) is 1. The minimum absolute atomic E-state index is 0.318. The highest BCUT2D eigenvalue weighted by Gasteiger charge is 2.16. The maximum Gasteiger partial charge on any atom is 0.250 e. The lowest BCUT2D eigenvalue weighted by atomic mass is 10.2. The topological polar surface area (TPSA) is 82.6 Å². The summed E-state index contributed by atoms with van der Waals surface area (Å²) in [6.07, 6.45) is 2.53. The predicted octanol–water partition coefficient (Wildman–Crippen LogP) is 1.40. The molecule has 1 atom stereocenters. The quantitative estimate of drug-likeness (QED) is 0.381. The summed E-state index contributed by atoms with van der Waals surface area (Å²) in [4.78, 5) is 5.14. The van der Waals surface area contributed by atoms with E-state index in [4.69, 9.17) is 0 Å². The van der Waals surface area contributed by atoms with Crippen molar-refractivity contribution in [2.75, 3.05) is 32.4 Å². The van der Waals surface area contributed by atoms with Gasteiger partial charge in [0.1, 0.15) is 4.21 Å². The summed E-state index contributed by atoms with van der Waals surface area (Å²) >= 11 is 3.27. The summed E-state index contributed by atoms with van der Waals surface area (Å²) in [7, 11) is -1.69. The van der Waals surface area contributed by atoms with Crippen LogP contribution in [0.15, 0.2) is 21.3 Å². The van der Waals surface area contributed by atoms with Gasteiger partial charge in [-0.3, -0.25) is 4.99 Å². The lowest BCUT2D eigenvalue weighted by Gasteiger charge is -2.14. The molecule has 9 heteroatoms. The first-order valence-electron chi connectivity index (χ1n) is 7.63. The molecule has 1 aromatic rings. The zero-order valence-corrected chi connectivity index (χ0v) is 15.9. The Kier molecular flexibility index (Phi) is 7.19. The summed E-state index contributed by atoms with van der Waals surface area (Å²) in [5.41, 5.74) is 0. The van der Waals surface area contributed by atoms with Gasteiger partial charge in [-0.15, -0.1) is 11.3 Å². The lowest BCUT2D eigenvalue weighted by molar-refractivity contribution is 0.582. The normalized spacial score (nSPS) is 19.0. The van der Waals surface area contributed by atoms with E-state index in [1.807, 2.05) is 24.8 Å². The largest absolute Gasteiger partial charge is 0.355 e. The summed E-state index contributed by atoms with van der Waals surface area (Å²) in [6, 6.07) is 3.44. The van der Waals surface area contributed by atoms with Crippen LogP contribution >= 0.6 is 23.1 Å².